The Morgan fingerprint density at radius 2 is 1.39 bits per heavy atom. The summed E-state index contributed by atoms with van der Waals surface area (Å²) in [5.41, 5.74) is 2.61. The first-order valence-corrected chi connectivity index (χ1v) is 8.13. The van der Waals surface area contributed by atoms with Gasteiger partial charge in [0.1, 0.15) is 0 Å². The van der Waals surface area contributed by atoms with Crippen LogP contribution in [0.15, 0.2) is 48.5 Å². The van der Waals surface area contributed by atoms with Gasteiger partial charge >= 0.3 is 0 Å². The molecule has 0 amide bonds. The van der Waals surface area contributed by atoms with Crippen molar-refractivity contribution in [3.63, 3.8) is 0 Å². The fourth-order valence-electron chi connectivity index (χ4n) is 2.93. The minimum absolute atomic E-state index is 0.395. The van der Waals surface area contributed by atoms with Crippen molar-refractivity contribution in [2.45, 2.75) is 38.8 Å². The van der Waals surface area contributed by atoms with E-state index >= 15 is 0 Å². The van der Waals surface area contributed by atoms with E-state index in [0.29, 0.717) is 12.1 Å². The molecule has 2 aromatic carbocycles. The predicted molar refractivity (Wildman–Crippen MR) is 95.5 cm³/mol. The molecule has 0 heterocycles. The SMILES string of the molecule is COc1ccc(CC(C)NC(C)Cc2ccccc2)cc1OC. The van der Waals surface area contributed by atoms with Crippen LogP contribution in [0.25, 0.3) is 0 Å². The first-order chi connectivity index (χ1) is 11.1. The third kappa shape index (κ3) is 5.29. The molecule has 1 N–H and O–H groups in total. The Hall–Kier alpha value is -2.00. The van der Waals surface area contributed by atoms with Gasteiger partial charge in [0.15, 0.2) is 11.5 Å². The third-order valence-corrected chi connectivity index (χ3v) is 3.94. The lowest BCUT2D eigenvalue weighted by Crippen LogP contribution is -2.37. The maximum atomic E-state index is 5.37. The summed E-state index contributed by atoms with van der Waals surface area (Å²) in [5.74, 6) is 1.56. The van der Waals surface area contributed by atoms with Gasteiger partial charge in [0, 0.05) is 12.1 Å². The summed E-state index contributed by atoms with van der Waals surface area (Å²) in [7, 11) is 3.33. The van der Waals surface area contributed by atoms with Crippen molar-refractivity contribution in [3.8, 4) is 11.5 Å². The van der Waals surface area contributed by atoms with Crippen molar-refractivity contribution in [1.82, 2.24) is 5.32 Å². The van der Waals surface area contributed by atoms with Crippen LogP contribution in [-0.2, 0) is 12.8 Å². The Kier molecular flexibility index (Phi) is 6.48. The minimum atomic E-state index is 0.395. The molecule has 0 bridgehead atoms. The van der Waals surface area contributed by atoms with E-state index in [-0.39, 0.29) is 0 Å². The number of hydrogen-bond donors (Lipinski definition) is 1. The number of nitrogens with one attached hydrogen (secondary N) is 1. The molecule has 0 aliphatic heterocycles. The Morgan fingerprint density at radius 1 is 0.783 bits per heavy atom. The van der Waals surface area contributed by atoms with Gasteiger partial charge in [-0.15, -0.1) is 0 Å². The molecule has 0 saturated heterocycles. The monoisotopic (exact) mass is 313 g/mol. The maximum absolute atomic E-state index is 5.37. The lowest BCUT2D eigenvalue weighted by atomic mass is 10.0. The summed E-state index contributed by atoms with van der Waals surface area (Å²) in [6.45, 7) is 4.45. The van der Waals surface area contributed by atoms with E-state index in [9.17, 15) is 0 Å². The number of ether oxygens (including phenoxy) is 2. The first-order valence-electron chi connectivity index (χ1n) is 8.13. The van der Waals surface area contributed by atoms with Crippen molar-refractivity contribution in [2.75, 3.05) is 14.2 Å². The highest BCUT2D eigenvalue weighted by Gasteiger charge is 2.11. The molecule has 2 atom stereocenters. The molecule has 124 valence electrons. The van der Waals surface area contributed by atoms with E-state index in [0.717, 1.165) is 24.3 Å². The maximum Gasteiger partial charge on any atom is 0.160 e. The van der Waals surface area contributed by atoms with Gasteiger partial charge in [-0.05, 0) is 49.9 Å². The molecule has 2 aromatic rings. The van der Waals surface area contributed by atoms with Crippen LogP contribution in [0.4, 0.5) is 0 Å². The van der Waals surface area contributed by atoms with Crippen molar-refractivity contribution < 1.29 is 9.47 Å². The number of benzene rings is 2. The van der Waals surface area contributed by atoms with E-state index < -0.39 is 0 Å². The fraction of sp³-hybridized carbons (Fsp3) is 0.400. The zero-order valence-electron chi connectivity index (χ0n) is 14.5. The topological polar surface area (TPSA) is 30.5 Å². The van der Waals surface area contributed by atoms with E-state index in [1.54, 1.807) is 14.2 Å². The van der Waals surface area contributed by atoms with Crippen molar-refractivity contribution >= 4 is 0 Å². The average Bonchev–Trinajstić information content (AvgIpc) is 2.55. The molecule has 0 aromatic heterocycles. The zero-order valence-corrected chi connectivity index (χ0v) is 14.5. The van der Waals surface area contributed by atoms with E-state index in [2.05, 4.69) is 61.6 Å². The molecule has 0 aliphatic rings. The van der Waals surface area contributed by atoms with Crippen molar-refractivity contribution in [3.05, 3.63) is 59.7 Å². The predicted octanol–water partition coefficient (Wildman–Crippen LogP) is 3.86. The smallest absolute Gasteiger partial charge is 0.160 e. The standard InChI is InChI=1S/C20H27NO2/c1-15(12-17-8-6-5-7-9-17)21-16(2)13-18-10-11-19(22-3)20(14-18)23-4/h5-11,14-16,21H,12-13H2,1-4H3. The van der Waals surface area contributed by atoms with E-state index in [1.807, 2.05) is 6.07 Å². The molecule has 0 spiro atoms. The van der Waals surface area contributed by atoms with Gasteiger partial charge in [0.2, 0.25) is 0 Å². The Morgan fingerprint density at radius 3 is 2.00 bits per heavy atom. The summed E-state index contributed by atoms with van der Waals surface area (Å²) in [5, 5.41) is 3.67. The van der Waals surface area contributed by atoms with E-state index in [4.69, 9.17) is 9.47 Å². The van der Waals surface area contributed by atoms with Crippen LogP contribution >= 0.6 is 0 Å². The van der Waals surface area contributed by atoms with Gasteiger partial charge in [-0.2, -0.15) is 0 Å². The third-order valence-electron chi connectivity index (χ3n) is 3.94. The Bertz CT molecular complexity index is 598. The van der Waals surface area contributed by atoms with Crippen molar-refractivity contribution in [1.29, 1.82) is 0 Å². The molecule has 23 heavy (non-hydrogen) atoms. The lowest BCUT2D eigenvalue weighted by Gasteiger charge is -2.20. The Labute approximate surface area is 139 Å². The van der Waals surface area contributed by atoms with Crippen LogP contribution in [0, 0.1) is 0 Å². The minimum Gasteiger partial charge on any atom is -0.493 e. The van der Waals surface area contributed by atoms with Crippen LogP contribution < -0.4 is 14.8 Å². The van der Waals surface area contributed by atoms with Gasteiger partial charge in [0.25, 0.3) is 0 Å². The van der Waals surface area contributed by atoms with Gasteiger partial charge in [-0.3, -0.25) is 0 Å². The Balaban J connectivity index is 1.90. The molecular weight excluding hydrogens is 286 g/mol. The molecule has 0 fully saturated rings. The second-order valence-electron chi connectivity index (χ2n) is 6.05. The number of hydrogen-bond acceptors (Lipinski definition) is 3. The summed E-state index contributed by atoms with van der Waals surface area (Å²) in [4.78, 5) is 0. The normalized spacial score (nSPS) is 13.4. The van der Waals surface area contributed by atoms with Crippen LogP contribution in [0.2, 0.25) is 0 Å². The van der Waals surface area contributed by atoms with E-state index in [1.165, 1.54) is 11.1 Å². The molecule has 2 rings (SSSR count). The first kappa shape index (κ1) is 17.4. The summed E-state index contributed by atoms with van der Waals surface area (Å²) >= 11 is 0. The summed E-state index contributed by atoms with van der Waals surface area (Å²) < 4.78 is 10.7. The van der Waals surface area contributed by atoms with Crippen LogP contribution in [0.1, 0.15) is 25.0 Å². The molecule has 0 aliphatic carbocycles. The average molecular weight is 313 g/mol. The molecule has 0 saturated carbocycles. The van der Waals surface area contributed by atoms with Gasteiger partial charge in [-0.1, -0.05) is 36.4 Å². The largest absolute Gasteiger partial charge is 0.493 e. The summed E-state index contributed by atoms with van der Waals surface area (Å²) in [6, 6.07) is 17.5. The van der Waals surface area contributed by atoms with Crippen molar-refractivity contribution in [2.24, 2.45) is 0 Å². The highest BCUT2D eigenvalue weighted by molar-refractivity contribution is 5.43. The van der Waals surface area contributed by atoms with Crippen LogP contribution in [0.3, 0.4) is 0 Å². The van der Waals surface area contributed by atoms with Gasteiger partial charge in [-0.25, -0.2) is 0 Å². The molecule has 2 unspecified atom stereocenters. The molecule has 0 radical (unpaired) electrons. The molecule has 3 nitrogen and oxygen atoms in total. The second kappa shape index (κ2) is 8.59. The number of methoxy groups -OCH3 is 2. The molecule has 3 heteroatoms. The highest BCUT2D eigenvalue weighted by Crippen LogP contribution is 2.28. The number of rotatable bonds is 8. The zero-order chi connectivity index (χ0) is 16.7. The van der Waals surface area contributed by atoms with Crippen LogP contribution in [0.5, 0.6) is 11.5 Å². The van der Waals surface area contributed by atoms with Crippen LogP contribution in [-0.4, -0.2) is 26.3 Å². The highest BCUT2D eigenvalue weighted by atomic mass is 16.5. The van der Waals surface area contributed by atoms with Gasteiger partial charge < -0.3 is 14.8 Å². The molecular formula is C20H27NO2. The lowest BCUT2D eigenvalue weighted by molar-refractivity contribution is 0.354. The quantitative estimate of drug-likeness (QED) is 0.803. The second-order valence-corrected chi connectivity index (χ2v) is 6.05. The summed E-state index contributed by atoms with van der Waals surface area (Å²) in [6.07, 6.45) is 2.00. The van der Waals surface area contributed by atoms with Gasteiger partial charge in [0.05, 0.1) is 14.2 Å². The fourth-order valence-corrected chi connectivity index (χ4v) is 2.93.